The summed E-state index contributed by atoms with van der Waals surface area (Å²) in [5, 5.41) is 9.12. The Hall–Kier alpha value is -3.03. The second-order valence-corrected chi connectivity index (χ2v) is 5.80. The molecular weight excluding hydrogens is 338 g/mol. The molecule has 1 aliphatic heterocycles. The number of carbonyl (C=O) groups excluding carboxylic acids is 1. The number of fused-ring (bicyclic) bond motifs is 1. The molecule has 124 valence electrons. The maximum Gasteiger partial charge on any atom is 0.185 e. The zero-order chi connectivity index (χ0) is 17.6. The van der Waals surface area contributed by atoms with Crippen molar-refractivity contribution in [2.24, 2.45) is 0 Å². The molecular formula is C20H14ClNO3. The average molecular weight is 352 g/mol. The van der Waals surface area contributed by atoms with Gasteiger partial charge in [-0.25, -0.2) is 0 Å². The molecule has 0 saturated heterocycles. The van der Waals surface area contributed by atoms with Crippen LogP contribution in [-0.4, -0.2) is 19.0 Å². The predicted molar refractivity (Wildman–Crippen MR) is 95.9 cm³/mol. The molecule has 0 N–H and O–H groups in total. The molecule has 2 aromatic carbocycles. The van der Waals surface area contributed by atoms with Crippen LogP contribution >= 0.6 is 11.6 Å². The van der Waals surface area contributed by atoms with E-state index in [4.69, 9.17) is 26.3 Å². The van der Waals surface area contributed by atoms with Crippen LogP contribution in [-0.2, 0) is 0 Å². The SMILES string of the molecule is N#CCOc1ccc(C(=O)C=CC2=Cc3cc(Cl)ccc3OC2)cc1. The third-order valence-electron chi connectivity index (χ3n) is 3.60. The van der Waals surface area contributed by atoms with Crippen LogP contribution in [0.4, 0.5) is 0 Å². The van der Waals surface area contributed by atoms with Crippen molar-refractivity contribution in [2.45, 2.75) is 0 Å². The van der Waals surface area contributed by atoms with E-state index in [0.29, 0.717) is 22.9 Å². The third kappa shape index (κ3) is 4.28. The molecule has 0 spiro atoms. The number of nitrogens with zero attached hydrogens (tertiary/aromatic N) is 1. The van der Waals surface area contributed by atoms with Crippen molar-refractivity contribution in [3.8, 4) is 17.6 Å². The third-order valence-corrected chi connectivity index (χ3v) is 3.83. The highest BCUT2D eigenvalue weighted by atomic mass is 35.5. The number of allylic oxidation sites excluding steroid dienone is 1. The van der Waals surface area contributed by atoms with Crippen molar-refractivity contribution in [1.82, 2.24) is 0 Å². The van der Waals surface area contributed by atoms with Crippen LogP contribution in [0.1, 0.15) is 15.9 Å². The lowest BCUT2D eigenvalue weighted by Gasteiger charge is -2.16. The van der Waals surface area contributed by atoms with E-state index >= 15 is 0 Å². The van der Waals surface area contributed by atoms with Gasteiger partial charge in [-0.15, -0.1) is 0 Å². The van der Waals surface area contributed by atoms with Crippen molar-refractivity contribution >= 4 is 23.5 Å². The summed E-state index contributed by atoms with van der Waals surface area (Å²) in [4.78, 5) is 12.2. The summed E-state index contributed by atoms with van der Waals surface area (Å²) in [6.07, 6.45) is 5.20. The molecule has 0 fully saturated rings. The van der Waals surface area contributed by atoms with Gasteiger partial charge < -0.3 is 9.47 Å². The van der Waals surface area contributed by atoms with E-state index in [1.54, 1.807) is 36.4 Å². The summed E-state index contributed by atoms with van der Waals surface area (Å²) in [7, 11) is 0. The first kappa shape index (κ1) is 16.8. The second-order valence-electron chi connectivity index (χ2n) is 5.36. The summed E-state index contributed by atoms with van der Waals surface area (Å²) in [5.74, 6) is 1.21. The first-order valence-corrected chi connectivity index (χ1v) is 7.98. The Morgan fingerprint density at radius 3 is 2.84 bits per heavy atom. The number of benzene rings is 2. The molecule has 1 aliphatic rings. The van der Waals surface area contributed by atoms with Gasteiger partial charge in [-0.05, 0) is 60.2 Å². The van der Waals surface area contributed by atoms with Gasteiger partial charge in [0.1, 0.15) is 24.2 Å². The Labute approximate surface area is 150 Å². The van der Waals surface area contributed by atoms with Gasteiger partial charge in [0.2, 0.25) is 0 Å². The number of hydrogen-bond acceptors (Lipinski definition) is 4. The molecule has 5 heteroatoms. The highest BCUT2D eigenvalue weighted by Crippen LogP contribution is 2.29. The van der Waals surface area contributed by atoms with Crippen LogP contribution < -0.4 is 9.47 Å². The lowest BCUT2D eigenvalue weighted by Crippen LogP contribution is -2.06. The van der Waals surface area contributed by atoms with Crippen molar-refractivity contribution in [3.63, 3.8) is 0 Å². The van der Waals surface area contributed by atoms with E-state index in [0.717, 1.165) is 16.9 Å². The highest BCUT2D eigenvalue weighted by Gasteiger charge is 2.10. The monoisotopic (exact) mass is 351 g/mol. The Morgan fingerprint density at radius 2 is 2.08 bits per heavy atom. The van der Waals surface area contributed by atoms with Gasteiger partial charge in [-0.3, -0.25) is 4.79 Å². The van der Waals surface area contributed by atoms with Gasteiger partial charge in [0.25, 0.3) is 0 Å². The number of nitriles is 1. The van der Waals surface area contributed by atoms with Gasteiger partial charge in [-0.1, -0.05) is 17.7 Å². The normalized spacial score (nSPS) is 12.7. The van der Waals surface area contributed by atoms with E-state index in [2.05, 4.69) is 0 Å². The summed E-state index contributed by atoms with van der Waals surface area (Å²) in [5.41, 5.74) is 2.32. The smallest absolute Gasteiger partial charge is 0.185 e. The predicted octanol–water partition coefficient (Wildman–Crippen LogP) is 4.46. The molecule has 0 unspecified atom stereocenters. The zero-order valence-electron chi connectivity index (χ0n) is 13.2. The topological polar surface area (TPSA) is 59.3 Å². The minimum atomic E-state index is -0.121. The van der Waals surface area contributed by atoms with Gasteiger partial charge in [0, 0.05) is 16.1 Å². The lowest BCUT2D eigenvalue weighted by atomic mass is 10.1. The molecule has 0 radical (unpaired) electrons. The van der Waals surface area contributed by atoms with Gasteiger partial charge in [0.15, 0.2) is 12.4 Å². The fraction of sp³-hybridized carbons (Fsp3) is 0.100. The Bertz CT molecular complexity index is 892. The van der Waals surface area contributed by atoms with E-state index in [-0.39, 0.29) is 12.4 Å². The van der Waals surface area contributed by atoms with Gasteiger partial charge >= 0.3 is 0 Å². The first-order chi connectivity index (χ1) is 12.2. The van der Waals surface area contributed by atoms with E-state index in [1.807, 2.05) is 24.3 Å². The molecule has 2 aromatic rings. The quantitative estimate of drug-likeness (QED) is 0.589. The number of halogens is 1. The van der Waals surface area contributed by atoms with Crippen LogP contribution in [0.3, 0.4) is 0 Å². The van der Waals surface area contributed by atoms with Crippen LogP contribution in [0.5, 0.6) is 11.5 Å². The van der Waals surface area contributed by atoms with Crippen LogP contribution in [0, 0.1) is 11.3 Å². The van der Waals surface area contributed by atoms with Gasteiger partial charge in [-0.2, -0.15) is 5.26 Å². The summed E-state index contributed by atoms with van der Waals surface area (Å²) >= 11 is 5.99. The van der Waals surface area contributed by atoms with Crippen molar-refractivity contribution < 1.29 is 14.3 Å². The van der Waals surface area contributed by atoms with Crippen molar-refractivity contribution in [2.75, 3.05) is 13.2 Å². The number of ether oxygens (including phenoxy) is 2. The maximum atomic E-state index is 12.2. The molecule has 25 heavy (non-hydrogen) atoms. The Balaban J connectivity index is 1.69. The second kappa shape index (κ2) is 7.69. The maximum absolute atomic E-state index is 12.2. The molecule has 0 aromatic heterocycles. The van der Waals surface area contributed by atoms with E-state index in [1.165, 1.54) is 6.08 Å². The van der Waals surface area contributed by atoms with E-state index in [9.17, 15) is 4.79 Å². The Kier molecular flexibility index (Phi) is 5.17. The van der Waals surface area contributed by atoms with Crippen LogP contribution in [0.25, 0.3) is 6.08 Å². The minimum Gasteiger partial charge on any atom is -0.488 e. The molecule has 0 aliphatic carbocycles. The molecule has 1 heterocycles. The van der Waals surface area contributed by atoms with Crippen LogP contribution in [0.15, 0.2) is 60.2 Å². The fourth-order valence-corrected chi connectivity index (χ4v) is 2.55. The highest BCUT2D eigenvalue weighted by molar-refractivity contribution is 6.30. The van der Waals surface area contributed by atoms with Crippen molar-refractivity contribution in [3.05, 3.63) is 76.3 Å². The summed E-state index contributed by atoms with van der Waals surface area (Å²) in [6, 6.07) is 14.0. The van der Waals surface area contributed by atoms with Crippen LogP contribution in [0.2, 0.25) is 5.02 Å². The molecule has 0 saturated carbocycles. The standard InChI is InChI=1S/C20H14ClNO3/c21-17-4-8-20-16(12-17)11-14(13-25-20)1-7-19(23)15-2-5-18(6-3-15)24-10-9-22/h1-8,11-12H,10,13H2. The minimum absolute atomic E-state index is 0.0210. The number of carbonyl (C=O) groups is 1. The average Bonchev–Trinajstić information content (AvgIpc) is 2.64. The Morgan fingerprint density at radius 1 is 1.28 bits per heavy atom. The van der Waals surface area contributed by atoms with Crippen molar-refractivity contribution in [1.29, 1.82) is 5.26 Å². The molecule has 4 nitrogen and oxygen atoms in total. The lowest BCUT2D eigenvalue weighted by molar-refractivity contribution is 0.104. The summed E-state index contributed by atoms with van der Waals surface area (Å²) < 4.78 is 10.8. The van der Waals surface area contributed by atoms with Gasteiger partial charge in [0.05, 0.1) is 0 Å². The molecule has 0 atom stereocenters. The first-order valence-electron chi connectivity index (χ1n) is 7.61. The zero-order valence-corrected chi connectivity index (χ0v) is 14.0. The molecule has 0 bridgehead atoms. The fourth-order valence-electron chi connectivity index (χ4n) is 2.37. The number of hydrogen-bond donors (Lipinski definition) is 0. The van der Waals surface area contributed by atoms with E-state index < -0.39 is 0 Å². The molecule has 3 rings (SSSR count). The largest absolute Gasteiger partial charge is 0.488 e. The number of rotatable bonds is 5. The molecule has 0 amide bonds. The summed E-state index contributed by atoms with van der Waals surface area (Å²) in [6.45, 7) is 0.381. The number of ketones is 1.